The van der Waals surface area contributed by atoms with Gasteiger partial charge in [-0.2, -0.15) is 19.0 Å². The van der Waals surface area contributed by atoms with E-state index in [9.17, 15) is 13.6 Å². The highest BCUT2D eigenvalue weighted by Crippen LogP contribution is 2.44. The molecular weight excluding hydrogens is 546 g/mol. The summed E-state index contributed by atoms with van der Waals surface area (Å²) < 4.78 is 35.7. The van der Waals surface area contributed by atoms with E-state index >= 15 is 0 Å². The summed E-state index contributed by atoms with van der Waals surface area (Å²) in [6.07, 6.45) is 11.6. The van der Waals surface area contributed by atoms with Gasteiger partial charge < -0.3 is 10.1 Å². The van der Waals surface area contributed by atoms with E-state index in [1.807, 2.05) is 6.07 Å². The lowest BCUT2D eigenvalue weighted by atomic mass is 9.99. The third kappa shape index (κ3) is 4.92. The molecule has 0 aliphatic carbocycles. The first kappa shape index (κ1) is 24.1. The van der Waals surface area contributed by atoms with Gasteiger partial charge in [-0.3, -0.25) is 9.48 Å². The Bertz CT molecular complexity index is 1640. The molecule has 0 saturated heterocycles. The number of nitrogens with zero attached hydrogens (tertiary/aromatic N) is 5. The zero-order valence-corrected chi connectivity index (χ0v) is 20.6. The van der Waals surface area contributed by atoms with Crippen LogP contribution < -0.4 is 10.1 Å². The third-order valence-electron chi connectivity index (χ3n) is 5.39. The van der Waals surface area contributed by atoms with Gasteiger partial charge >= 0.3 is 6.61 Å². The smallest absolute Gasteiger partial charge is 0.387 e. The van der Waals surface area contributed by atoms with Crippen molar-refractivity contribution in [2.75, 3.05) is 5.32 Å². The van der Waals surface area contributed by atoms with Crippen molar-refractivity contribution >= 4 is 33.2 Å². The molecule has 8 nitrogen and oxygen atoms in total. The van der Waals surface area contributed by atoms with Crippen LogP contribution in [0.1, 0.15) is 10.4 Å². The Balaban J connectivity index is 1.65. The summed E-state index contributed by atoms with van der Waals surface area (Å²) in [4.78, 5) is 17.4. The van der Waals surface area contributed by atoms with E-state index in [4.69, 9.17) is 11.2 Å². The molecule has 1 N–H and O–H groups in total. The van der Waals surface area contributed by atoms with Crippen molar-refractivity contribution in [3.05, 3.63) is 83.4 Å². The number of rotatable bonds is 7. The largest absolute Gasteiger partial charge is 0.433 e. The highest BCUT2D eigenvalue weighted by molar-refractivity contribution is 9.10. The van der Waals surface area contributed by atoms with Crippen LogP contribution in [0.2, 0.25) is 0 Å². The van der Waals surface area contributed by atoms with Crippen LogP contribution >= 0.6 is 15.9 Å². The summed E-state index contributed by atoms with van der Waals surface area (Å²) in [5, 5.41) is 11.4. The van der Waals surface area contributed by atoms with Gasteiger partial charge in [-0.05, 0) is 23.8 Å². The van der Waals surface area contributed by atoms with Crippen LogP contribution in [0.3, 0.4) is 0 Å². The van der Waals surface area contributed by atoms with E-state index < -0.39 is 12.5 Å². The monoisotopic (exact) mass is 562 g/mol. The number of ether oxygens (including phenoxy) is 1. The number of carbonyl (C=O) groups excluding carboxylic acids is 1. The Kier molecular flexibility index (Phi) is 6.66. The first-order chi connectivity index (χ1) is 17.9. The van der Waals surface area contributed by atoms with Crippen LogP contribution in [0.15, 0.2) is 77.8 Å². The van der Waals surface area contributed by atoms with Gasteiger partial charge in [-0.15, -0.1) is 6.42 Å². The highest BCUT2D eigenvalue weighted by atomic mass is 79.9. The number of aromatic nitrogens is 5. The topological polar surface area (TPSA) is 86.3 Å². The Labute approximate surface area is 218 Å². The number of amides is 1. The van der Waals surface area contributed by atoms with Crippen LogP contribution in [0.25, 0.3) is 28.0 Å². The SMILES string of the molecule is C#CCn1cc(NC(=O)c2cnn3cccnc23)c(-c2cc(Br)cc(-c3ccccc3)c2OC(F)F)n1. The molecule has 1 amide bonds. The fourth-order valence-corrected chi connectivity index (χ4v) is 4.34. The molecule has 0 aliphatic rings. The quantitative estimate of drug-likeness (QED) is 0.264. The number of carbonyl (C=O) groups is 1. The first-order valence-electron chi connectivity index (χ1n) is 10.9. The third-order valence-corrected chi connectivity index (χ3v) is 5.85. The Morgan fingerprint density at radius 2 is 1.97 bits per heavy atom. The van der Waals surface area contributed by atoms with Gasteiger partial charge in [0.15, 0.2) is 5.65 Å². The van der Waals surface area contributed by atoms with E-state index in [0.29, 0.717) is 21.2 Å². The fourth-order valence-electron chi connectivity index (χ4n) is 3.88. The molecule has 0 saturated carbocycles. The summed E-state index contributed by atoms with van der Waals surface area (Å²) in [5.74, 6) is 1.88. The highest BCUT2D eigenvalue weighted by Gasteiger charge is 2.24. The molecule has 0 aliphatic heterocycles. The second kappa shape index (κ2) is 10.2. The van der Waals surface area contributed by atoms with Crippen LogP contribution in [-0.4, -0.2) is 36.9 Å². The number of alkyl halides is 2. The average molecular weight is 563 g/mol. The van der Waals surface area contributed by atoms with Crippen molar-refractivity contribution in [3.63, 3.8) is 0 Å². The van der Waals surface area contributed by atoms with Gasteiger partial charge in [-0.25, -0.2) is 9.50 Å². The van der Waals surface area contributed by atoms with Gasteiger partial charge in [0.25, 0.3) is 5.91 Å². The molecule has 5 rings (SSSR count). The lowest BCUT2D eigenvalue weighted by Gasteiger charge is -2.16. The molecule has 0 radical (unpaired) electrons. The maximum atomic E-state index is 13.6. The molecule has 11 heteroatoms. The standard InChI is InChI=1S/C26H17BrF2N6O2/c1-2-10-34-15-21(32-25(36)20-14-31-35-11-6-9-30-24(20)35)22(33-34)19-13-17(27)12-18(23(19)37-26(28)29)16-7-4-3-5-8-16/h1,3-9,11-15,26H,10H2,(H,32,36). The Hall–Kier alpha value is -4.56. The molecular formula is C26H17BrF2N6O2. The number of benzene rings is 2. The second-order valence-corrected chi connectivity index (χ2v) is 8.68. The van der Waals surface area contributed by atoms with Gasteiger partial charge in [0.2, 0.25) is 0 Å². The van der Waals surface area contributed by atoms with Crippen molar-refractivity contribution in [1.29, 1.82) is 0 Å². The number of hydrogen-bond acceptors (Lipinski definition) is 5. The minimum absolute atomic E-state index is 0.0890. The van der Waals surface area contributed by atoms with E-state index in [1.54, 1.807) is 54.9 Å². The van der Waals surface area contributed by atoms with E-state index in [2.05, 4.69) is 42.3 Å². The fraction of sp³-hybridized carbons (Fsp3) is 0.0769. The molecule has 3 aromatic heterocycles. The van der Waals surface area contributed by atoms with Crippen LogP contribution in [0.4, 0.5) is 14.5 Å². The molecule has 0 fully saturated rings. The molecule has 0 atom stereocenters. The molecule has 184 valence electrons. The predicted octanol–water partition coefficient (Wildman–Crippen LogP) is 5.51. The lowest BCUT2D eigenvalue weighted by Crippen LogP contribution is -2.12. The molecule has 3 heterocycles. The molecule has 37 heavy (non-hydrogen) atoms. The van der Waals surface area contributed by atoms with Crippen LogP contribution in [0, 0.1) is 12.3 Å². The number of anilines is 1. The molecule has 2 aromatic carbocycles. The van der Waals surface area contributed by atoms with Crippen molar-refractivity contribution in [1.82, 2.24) is 24.4 Å². The molecule has 0 bridgehead atoms. The number of hydrogen-bond donors (Lipinski definition) is 1. The van der Waals surface area contributed by atoms with Crippen LogP contribution in [-0.2, 0) is 6.54 Å². The molecule has 5 aromatic rings. The normalized spacial score (nSPS) is 11.0. The Morgan fingerprint density at radius 3 is 2.73 bits per heavy atom. The molecule has 0 spiro atoms. The Morgan fingerprint density at radius 1 is 1.19 bits per heavy atom. The van der Waals surface area contributed by atoms with Crippen LogP contribution in [0.5, 0.6) is 5.75 Å². The number of terminal acetylenes is 1. The molecule has 0 unspecified atom stereocenters. The summed E-state index contributed by atoms with van der Waals surface area (Å²) in [5.41, 5.74) is 2.33. The van der Waals surface area contributed by atoms with Crippen molar-refractivity contribution in [3.8, 4) is 40.5 Å². The van der Waals surface area contributed by atoms with Crippen molar-refractivity contribution in [2.24, 2.45) is 0 Å². The second-order valence-electron chi connectivity index (χ2n) is 7.77. The number of halogens is 3. The van der Waals surface area contributed by atoms with Gasteiger partial charge in [-0.1, -0.05) is 52.2 Å². The minimum Gasteiger partial charge on any atom is -0.433 e. The maximum Gasteiger partial charge on any atom is 0.387 e. The van der Waals surface area contributed by atoms with Gasteiger partial charge in [0, 0.05) is 28.0 Å². The average Bonchev–Trinajstić information content (AvgIpc) is 3.49. The van der Waals surface area contributed by atoms with E-state index in [1.165, 1.54) is 21.6 Å². The zero-order valence-electron chi connectivity index (χ0n) is 19.0. The zero-order chi connectivity index (χ0) is 25.9. The lowest BCUT2D eigenvalue weighted by molar-refractivity contribution is -0.0490. The predicted molar refractivity (Wildman–Crippen MR) is 137 cm³/mol. The summed E-state index contributed by atoms with van der Waals surface area (Å²) in [7, 11) is 0. The summed E-state index contributed by atoms with van der Waals surface area (Å²) in [6.45, 7) is -3.01. The number of nitrogens with one attached hydrogen (secondary N) is 1. The van der Waals surface area contributed by atoms with E-state index in [-0.39, 0.29) is 34.8 Å². The number of fused-ring (bicyclic) bond motifs is 1. The van der Waals surface area contributed by atoms with Gasteiger partial charge in [0.1, 0.15) is 23.6 Å². The summed E-state index contributed by atoms with van der Waals surface area (Å²) >= 11 is 3.46. The van der Waals surface area contributed by atoms with Crippen molar-refractivity contribution in [2.45, 2.75) is 13.2 Å². The minimum atomic E-state index is -3.10. The van der Waals surface area contributed by atoms with Crippen molar-refractivity contribution < 1.29 is 18.3 Å². The van der Waals surface area contributed by atoms with E-state index in [0.717, 1.165) is 0 Å². The first-order valence-corrected chi connectivity index (χ1v) is 11.7. The summed E-state index contributed by atoms with van der Waals surface area (Å²) in [6, 6.07) is 13.9. The van der Waals surface area contributed by atoms with Gasteiger partial charge in [0.05, 0.1) is 18.1 Å². The maximum absolute atomic E-state index is 13.6.